The molecular formula is C26H36N4O2S. The smallest absolute Gasteiger partial charge is 0.275 e. The Kier molecular flexibility index (Phi) is 8.37. The van der Waals surface area contributed by atoms with Crippen LogP contribution in [0.25, 0.3) is 0 Å². The van der Waals surface area contributed by atoms with E-state index in [1.165, 1.54) is 19.3 Å². The third kappa shape index (κ3) is 6.14. The summed E-state index contributed by atoms with van der Waals surface area (Å²) in [6.45, 7) is 5.81. The van der Waals surface area contributed by atoms with E-state index in [1.54, 1.807) is 11.3 Å². The molecule has 0 radical (unpaired) electrons. The van der Waals surface area contributed by atoms with Gasteiger partial charge in [0, 0.05) is 43.9 Å². The first-order valence-electron chi connectivity index (χ1n) is 12.5. The number of aromatic nitrogens is 1. The zero-order valence-corrected chi connectivity index (χ0v) is 20.5. The third-order valence-electron chi connectivity index (χ3n) is 6.79. The Morgan fingerprint density at radius 2 is 1.82 bits per heavy atom. The van der Waals surface area contributed by atoms with E-state index in [2.05, 4.69) is 23.2 Å². The molecule has 178 valence electrons. The summed E-state index contributed by atoms with van der Waals surface area (Å²) >= 11 is 1.57. The van der Waals surface area contributed by atoms with E-state index >= 15 is 0 Å². The van der Waals surface area contributed by atoms with Crippen molar-refractivity contribution in [3.8, 4) is 0 Å². The van der Waals surface area contributed by atoms with Crippen molar-refractivity contribution in [1.82, 2.24) is 9.88 Å². The van der Waals surface area contributed by atoms with E-state index in [-0.39, 0.29) is 11.8 Å². The van der Waals surface area contributed by atoms with Crippen LogP contribution in [0, 0.1) is 0 Å². The zero-order valence-electron chi connectivity index (χ0n) is 19.7. The maximum Gasteiger partial charge on any atom is 0.275 e. The molecule has 2 saturated heterocycles. The summed E-state index contributed by atoms with van der Waals surface area (Å²) in [5.74, 6) is 0.468. The molecule has 3 heterocycles. The fourth-order valence-electron chi connectivity index (χ4n) is 4.82. The van der Waals surface area contributed by atoms with E-state index < -0.39 is 0 Å². The Labute approximate surface area is 201 Å². The summed E-state index contributed by atoms with van der Waals surface area (Å²) in [6.07, 6.45) is 9.42. The van der Waals surface area contributed by atoms with Crippen LogP contribution in [0.3, 0.4) is 0 Å². The number of unbranched alkanes of at least 4 members (excludes halogenated alkanes) is 2. The summed E-state index contributed by atoms with van der Waals surface area (Å²) in [4.78, 5) is 34.4. The monoisotopic (exact) mass is 468 g/mol. The van der Waals surface area contributed by atoms with E-state index in [4.69, 9.17) is 4.98 Å². The molecule has 0 spiro atoms. The number of benzene rings is 1. The Balaban J connectivity index is 1.33. The van der Waals surface area contributed by atoms with Crippen LogP contribution in [0.1, 0.15) is 86.1 Å². The minimum absolute atomic E-state index is 0.148. The van der Waals surface area contributed by atoms with E-state index in [1.807, 2.05) is 28.5 Å². The summed E-state index contributed by atoms with van der Waals surface area (Å²) in [5.41, 5.74) is 2.44. The van der Waals surface area contributed by atoms with Crippen LogP contribution >= 0.6 is 11.3 Å². The van der Waals surface area contributed by atoms with Crippen molar-refractivity contribution in [2.75, 3.05) is 36.4 Å². The molecule has 1 aromatic carbocycles. The quantitative estimate of drug-likeness (QED) is 0.507. The highest BCUT2D eigenvalue weighted by Gasteiger charge is 2.26. The van der Waals surface area contributed by atoms with Crippen LogP contribution in [0.4, 0.5) is 11.4 Å². The molecule has 0 bridgehead atoms. The molecule has 1 aromatic heterocycles. The molecule has 33 heavy (non-hydrogen) atoms. The highest BCUT2D eigenvalue weighted by Crippen LogP contribution is 2.32. The number of carbonyl (C=O) groups excluding carboxylic acids is 2. The van der Waals surface area contributed by atoms with Crippen LogP contribution in [-0.2, 0) is 4.79 Å². The molecule has 0 atom stereocenters. The van der Waals surface area contributed by atoms with Gasteiger partial charge >= 0.3 is 0 Å². The molecule has 6 nitrogen and oxygen atoms in total. The molecule has 2 fully saturated rings. The number of amides is 2. The lowest BCUT2D eigenvalue weighted by atomic mass is 9.97. The second kappa shape index (κ2) is 11.6. The molecular weight excluding hydrogens is 432 g/mol. The highest BCUT2D eigenvalue weighted by molar-refractivity contribution is 7.10. The van der Waals surface area contributed by atoms with Gasteiger partial charge in [0.2, 0.25) is 5.91 Å². The summed E-state index contributed by atoms with van der Waals surface area (Å²) in [5, 5.41) is 5.99. The third-order valence-corrected chi connectivity index (χ3v) is 7.80. The molecule has 2 aromatic rings. The number of carbonyl (C=O) groups is 2. The average molecular weight is 469 g/mol. The van der Waals surface area contributed by atoms with Crippen LogP contribution in [-0.4, -0.2) is 47.9 Å². The van der Waals surface area contributed by atoms with Crippen molar-refractivity contribution in [2.24, 2.45) is 0 Å². The van der Waals surface area contributed by atoms with Crippen molar-refractivity contribution in [3.05, 3.63) is 40.3 Å². The van der Waals surface area contributed by atoms with Crippen LogP contribution < -0.4 is 10.2 Å². The average Bonchev–Trinajstić information content (AvgIpc) is 3.36. The van der Waals surface area contributed by atoms with Crippen molar-refractivity contribution < 1.29 is 9.59 Å². The van der Waals surface area contributed by atoms with Gasteiger partial charge in [-0.05, 0) is 50.7 Å². The number of thiazole rings is 1. The van der Waals surface area contributed by atoms with Gasteiger partial charge in [0.15, 0.2) is 0 Å². The Morgan fingerprint density at radius 1 is 1.06 bits per heavy atom. The van der Waals surface area contributed by atoms with Gasteiger partial charge < -0.3 is 15.1 Å². The summed E-state index contributed by atoms with van der Waals surface area (Å²) in [6, 6.07) is 8.06. The number of nitrogens with zero attached hydrogens (tertiary/aromatic N) is 3. The van der Waals surface area contributed by atoms with Gasteiger partial charge in [0.05, 0.1) is 16.4 Å². The fourth-order valence-corrected chi connectivity index (χ4v) is 5.79. The second-order valence-corrected chi connectivity index (χ2v) is 10.1. The predicted octanol–water partition coefficient (Wildman–Crippen LogP) is 5.67. The maximum absolute atomic E-state index is 13.0. The van der Waals surface area contributed by atoms with Gasteiger partial charge in [0.25, 0.3) is 5.91 Å². The van der Waals surface area contributed by atoms with Gasteiger partial charge in [-0.15, -0.1) is 11.3 Å². The number of hydrogen-bond donors (Lipinski definition) is 1. The van der Waals surface area contributed by atoms with Crippen molar-refractivity contribution in [2.45, 2.75) is 70.6 Å². The minimum Gasteiger partial charge on any atom is -0.370 e. The Bertz CT molecular complexity index is 930. The normalized spacial score (nSPS) is 17.2. The van der Waals surface area contributed by atoms with Crippen molar-refractivity contribution in [3.63, 3.8) is 0 Å². The molecule has 0 unspecified atom stereocenters. The standard InChI is InChI=1S/C26H36N4O2S/c1-2-3-5-12-24(31)30-17-13-20(14-18-30)26-28-22(19-33-26)25(32)27-21-10-6-7-11-23(21)29-15-8-4-9-16-29/h6-7,10-11,19-20H,2-5,8-9,12-18H2,1H3,(H,27,32). The van der Waals surface area contributed by atoms with Gasteiger partial charge in [-0.25, -0.2) is 4.98 Å². The fraction of sp³-hybridized carbons (Fsp3) is 0.577. The predicted molar refractivity (Wildman–Crippen MR) is 135 cm³/mol. The lowest BCUT2D eigenvalue weighted by Crippen LogP contribution is -2.37. The molecule has 0 saturated carbocycles. The first kappa shape index (κ1) is 23.7. The first-order chi connectivity index (χ1) is 16.2. The topological polar surface area (TPSA) is 65.5 Å². The van der Waals surface area contributed by atoms with E-state index in [9.17, 15) is 9.59 Å². The van der Waals surface area contributed by atoms with E-state index in [0.717, 1.165) is 74.7 Å². The molecule has 4 rings (SSSR count). The second-order valence-electron chi connectivity index (χ2n) is 9.20. The van der Waals surface area contributed by atoms with Gasteiger partial charge in [-0.1, -0.05) is 31.9 Å². The van der Waals surface area contributed by atoms with Gasteiger partial charge in [-0.3, -0.25) is 9.59 Å². The lowest BCUT2D eigenvalue weighted by Gasteiger charge is -2.31. The molecule has 2 amide bonds. The maximum atomic E-state index is 13.0. The number of nitrogens with one attached hydrogen (secondary N) is 1. The van der Waals surface area contributed by atoms with E-state index in [0.29, 0.717) is 18.0 Å². The summed E-state index contributed by atoms with van der Waals surface area (Å²) < 4.78 is 0. The highest BCUT2D eigenvalue weighted by atomic mass is 32.1. The van der Waals surface area contributed by atoms with Crippen LogP contribution in [0.15, 0.2) is 29.6 Å². The van der Waals surface area contributed by atoms with Gasteiger partial charge in [0.1, 0.15) is 5.69 Å². The molecule has 1 N–H and O–H groups in total. The molecule has 0 aliphatic carbocycles. The SMILES string of the molecule is CCCCCC(=O)N1CCC(c2nc(C(=O)Nc3ccccc3N3CCCCC3)cs2)CC1. The zero-order chi connectivity index (χ0) is 23.0. The summed E-state index contributed by atoms with van der Waals surface area (Å²) in [7, 11) is 0. The largest absolute Gasteiger partial charge is 0.370 e. The van der Waals surface area contributed by atoms with Gasteiger partial charge in [-0.2, -0.15) is 0 Å². The number of anilines is 2. The molecule has 7 heteroatoms. The van der Waals surface area contributed by atoms with Crippen molar-refractivity contribution in [1.29, 1.82) is 0 Å². The number of para-hydroxylation sites is 2. The number of rotatable bonds is 8. The van der Waals surface area contributed by atoms with Crippen molar-refractivity contribution >= 4 is 34.5 Å². The lowest BCUT2D eigenvalue weighted by molar-refractivity contribution is -0.132. The van der Waals surface area contributed by atoms with Crippen LogP contribution in [0.2, 0.25) is 0 Å². The Hall–Kier alpha value is -2.41. The number of piperidine rings is 2. The number of hydrogen-bond acceptors (Lipinski definition) is 5. The molecule has 2 aliphatic heterocycles. The molecule has 2 aliphatic rings. The number of likely N-dealkylation sites (tertiary alicyclic amines) is 1. The van der Waals surface area contributed by atoms with Crippen LogP contribution in [0.5, 0.6) is 0 Å². The Morgan fingerprint density at radius 3 is 2.58 bits per heavy atom. The first-order valence-corrected chi connectivity index (χ1v) is 13.4. The minimum atomic E-state index is -0.148.